The Balaban J connectivity index is 1.96. The summed E-state index contributed by atoms with van der Waals surface area (Å²) in [5.74, 6) is 1.35. The van der Waals surface area contributed by atoms with Crippen LogP contribution in [0.5, 0.6) is 0 Å². The Kier molecular flexibility index (Phi) is 5.61. The minimum absolute atomic E-state index is 0.131. The van der Waals surface area contributed by atoms with Crippen LogP contribution in [0.4, 0.5) is 0 Å². The van der Waals surface area contributed by atoms with Crippen LogP contribution in [0.15, 0.2) is 30.0 Å². The lowest BCUT2D eigenvalue weighted by Crippen LogP contribution is -2.47. The van der Waals surface area contributed by atoms with Crippen molar-refractivity contribution in [2.45, 2.75) is 50.4 Å². The molecular weight excluding hydrogens is 284 g/mol. The van der Waals surface area contributed by atoms with Crippen LogP contribution >= 0.6 is 11.8 Å². The van der Waals surface area contributed by atoms with Gasteiger partial charge in [0.1, 0.15) is 5.82 Å². The van der Waals surface area contributed by atoms with Crippen molar-refractivity contribution in [2.24, 2.45) is 0 Å². The molecule has 1 N–H and O–H groups in total. The number of thioether (sulfide) groups is 1. The zero-order valence-corrected chi connectivity index (χ0v) is 13.4. The normalized spacial score (nSPS) is 21.5. The number of amides is 1. The van der Waals surface area contributed by atoms with Crippen molar-refractivity contribution in [3.8, 4) is 0 Å². The van der Waals surface area contributed by atoms with Crippen molar-refractivity contribution < 1.29 is 4.79 Å². The molecule has 2 heterocycles. The van der Waals surface area contributed by atoms with Gasteiger partial charge in [0.05, 0.1) is 5.75 Å². The van der Waals surface area contributed by atoms with Gasteiger partial charge in [0.25, 0.3) is 0 Å². The molecule has 2 atom stereocenters. The Bertz CT molecular complexity index is 525. The molecule has 0 aromatic carbocycles. The number of aromatic amines is 1. The Hall–Kier alpha value is -1.56. The molecule has 0 saturated heterocycles. The van der Waals surface area contributed by atoms with Gasteiger partial charge in [-0.05, 0) is 19.8 Å². The summed E-state index contributed by atoms with van der Waals surface area (Å²) in [5, 5.41) is 7.61. The minimum atomic E-state index is 0.131. The van der Waals surface area contributed by atoms with Crippen molar-refractivity contribution in [3.05, 3.63) is 30.6 Å². The maximum absolute atomic E-state index is 12.5. The van der Waals surface area contributed by atoms with Gasteiger partial charge in [0, 0.05) is 18.5 Å². The summed E-state index contributed by atoms with van der Waals surface area (Å²) >= 11 is 1.39. The fraction of sp³-hybridized carbons (Fsp3) is 0.533. The topological polar surface area (TPSA) is 61.9 Å². The molecule has 0 saturated carbocycles. The van der Waals surface area contributed by atoms with E-state index in [0.29, 0.717) is 10.9 Å². The molecule has 5 nitrogen and oxygen atoms in total. The molecule has 0 radical (unpaired) electrons. The molecule has 6 heteroatoms. The minimum Gasteiger partial charge on any atom is -0.332 e. The molecule has 1 aliphatic heterocycles. The van der Waals surface area contributed by atoms with Gasteiger partial charge in [-0.25, -0.2) is 4.98 Å². The van der Waals surface area contributed by atoms with E-state index in [1.54, 1.807) is 0 Å². The second-order valence-corrected chi connectivity index (χ2v) is 6.03. The van der Waals surface area contributed by atoms with Gasteiger partial charge in [-0.2, -0.15) is 0 Å². The van der Waals surface area contributed by atoms with Crippen LogP contribution in [0, 0.1) is 0 Å². The molecule has 1 aromatic heterocycles. The van der Waals surface area contributed by atoms with Gasteiger partial charge in [0.15, 0.2) is 0 Å². The molecule has 2 rings (SSSR count). The smallest absolute Gasteiger partial charge is 0.233 e. The first kappa shape index (κ1) is 15.8. The first-order chi connectivity index (χ1) is 10.2. The zero-order valence-electron chi connectivity index (χ0n) is 12.6. The number of carbonyl (C=O) groups is 1. The number of nitrogens with one attached hydrogen (secondary N) is 1. The van der Waals surface area contributed by atoms with Gasteiger partial charge in [-0.1, -0.05) is 36.9 Å². The van der Waals surface area contributed by atoms with Crippen LogP contribution in [-0.2, 0) is 11.2 Å². The average molecular weight is 306 g/mol. The monoisotopic (exact) mass is 306 g/mol. The number of rotatable bonds is 6. The fourth-order valence-electron chi connectivity index (χ4n) is 2.51. The van der Waals surface area contributed by atoms with E-state index in [2.05, 4.69) is 40.8 Å². The third-order valence-corrected chi connectivity index (χ3v) is 4.38. The van der Waals surface area contributed by atoms with E-state index in [1.165, 1.54) is 11.8 Å². The Morgan fingerprint density at radius 1 is 1.67 bits per heavy atom. The predicted molar refractivity (Wildman–Crippen MR) is 85.2 cm³/mol. The molecule has 0 bridgehead atoms. The second kappa shape index (κ2) is 7.45. The van der Waals surface area contributed by atoms with Gasteiger partial charge in [0.2, 0.25) is 11.1 Å². The van der Waals surface area contributed by atoms with E-state index in [4.69, 9.17) is 0 Å². The van der Waals surface area contributed by atoms with Gasteiger partial charge in [-0.3, -0.25) is 9.89 Å². The summed E-state index contributed by atoms with van der Waals surface area (Å²) in [7, 11) is 0. The van der Waals surface area contributed by atoms with E-state index >= 15 is 0 Å². The molecule has 0 fully saturated rings. The van der Waals surface area contributed by atoms with Gasteiger partial charge in [-0.15, -0.1) is 11.7 Å². The Morgan fingerprint density at radius 3 is 3.14 bits per heavy atom. The van der Waals surface area contributed by atoms with Crippen LogP contribution < -0.4 is 0 Å². The summed E-state index contributed by atoms with van der Waals surface area (Å²) in [6, 6.07) is 0.351. The standard InChI is InChI=1S/C15H22N4OS/c1-4-7-12-9-6-8-11(3)19(12)14(20)10-21-15-16-13(5-2)17-18-15/h4,6,8,11-12H,1,5,7,9-10H2,2-3H3,(H,16,17,18)/t11-,12-/m1/s1. The van der Waals surface area contributed by atoms with Crippen molar-refractivity contribution in [1.82, 2.24) is 20.1 Å². The maximum Gasteiger partial charge on any atom is 0.233 e. The van der Waals surface area contributed by atoms with Crippen molar-refractivity contribution >= 4 is 17.7 Å². The van der Waals surface area contributed by atoms with Crippen LogP contribution in [-0.4, -0.2) is 43.8 Å². The number of hydrogen-bond acceptors (Lipinski definition) is 4. The molecule has 0 unspecified atom stereocenters. The third kappa shape index (κ3) is 3.97. The van der Waals surface area contributed by atoms with Crippen molar-refractivity contribution in [3.63, 3.8) is 0 Å². The van der Waals surface area contributed by atoms with Crippen LogP contribution in [0.1, 0.15) is 32.5 Å². The van der Waals surface area contributed by atoms with Crippen LogP contribution in [0.25, 0.3) is 0 Å². The predicted octanol–water partition coefficient (Wildman–Crippen LogP) is 2.58. The number of hydrogen-bond donors (Lipinski definition) is 1. The van der Waals surface area contributed by atoms with Gasteiger partial charge >= 0.3 is 0 Å². The number of H-pyrrole nitrogens is 1. The summed E-state index contributed by atoms with van der Waals surface area (Å²) in [6.07, 6.45) is 8.66. The quantitative estimate of drug-likeness (QED) is 0.648. The van der Waals surface area contributed by atoms with E-state index < -0.39 is 0 Å². The van der Waals surface area contributed by atoms with Gasteiger partial charge < -0.3 is 4.90 Å². The average Bonchev–Trinajstić information content (AvgIpc) is 2.93. The molecule has 1 aromatic rings. The fourth-order valence-corrected chi connectivity index (χ4v) is 3.19. The van der Waals surface area contributed by atoms with E-state index in [9.17, 15) is 4.79 Å². The third-order valence-electron chi connectivity index (χ3n) is 3.55. The molecule has 21 heavy (non-hydrogen) atoms. The first-order valence-corrected chi connectivity index (χ1v) is 8.27. The summed E-state index contributed by atoms with van der Waals surface area (Å²) in [4.78, 5) is 18.8. The highest BCUT2D eigenvalue weighted by Crippen LogP contribution is 2.22. The van der Waals surface area contributed by atoms with E-state index in [0.717, 1.165) is 25.1 Å². The van der Waals surface area contributed by atoms with E-state index in [-0.39, 0.29) is 18.0 Å². The second-order valence-electron chi connectivity index (χ2n) is 5.09. The van der Waals surface area contributed by atoms with Crippen LogP contribution in [0.2, 0.25) is 0 Å². The summed E-state index contributed by atoms with van der Waals surface area (Å²) < 4.78 is 0. The SMILES string of the molecule is C=CC[C@@H]1CC=C[C@@H](C)N1C(=O)CSc1n[nH]c(CC)n1. The highest BCUT2D eigenvalue weighted by Gasteiger charge is 2.28. The molecule has 1 aliphatic rings. The van der Waals surface area contributed by atoms with Crippen LogP contribution in [0.3, 0.4) is 0 Å². The molecule has 0 spiro atoms. The zero-order chi connectivity index (χ0) is 15.2. The molecule has 0 aliphatic carbocycles. The van der Waals surface area contributed by atoms with Crippen molar-refractivity contribution in [2.75, 3.05) is 5.75 Å². The Labute approximate surface area is 129 Å². The highest BCUT2D eigenvalue weighted by molar-refractivity contribution is 7.99. The van der Waals surface area contributed by atoms with Crippen molar-refractivity contribution in [1.29, 1.82) is 0 Å². The molecule has 114 valence electrons. The van der Waals surface area contributed by atoms with E-state index in [1.807, 2.05) is 17.9 Å². The number of aromatic nitrogens is 3. The summed E-state index contributed by atoms with van der Waals surface area (Å²) in [5.41, 5.74) is 0. The number of nitrogens with zero attached hydrogens (tertiary/aromatic N) is 3. The lowest BCUT2D eigenvalue weighted by molar-refractivity contribution is -0.132. The summed E-state index contributed by atoms with van der Waals surface area (Å²) in [6.45, 7) is 7.86. The lowest BCUT2D eigenvalue weighted by atomic mass is 10.0. The number of carbonyl (C=O) groups excluding carboxylic acids is 1. The molecular formula is C15H22N4OS. The number of aryl methyl sites for hydroxylation is 1. The maximum atomic E-state index is 12.5. The largest absolute Gasteiger partial charge is 0.332 e. The highest BCUT2D eigenvalue weighted by atomic mass is 32.2. The molecule has 1 amide bonds. The Morgan fingerprint density at radius 2 is 2.48 bits per heavy atom. The first-order valence-electron chi connectivity index (χ1n) is 7.28. The lowest BCUT2D eigenvalue weighted by Gasteiger charge is -2.37.